The second-order valence-corrected chi connectivity index (χ2v) is 6.40. The number of anilines is 1. The standard InChI is InChI=1S/C10H12BrF3N2O2S/c11-8-6-7(15)2-3-9(8)19(17,18)16-5-1-4-10(12,13)14/h2-3,6,16H,1,4-5,15H2. The molecule has 0 aliphatic rings. The van der Waals surface area contributed by atoms with E-state index in [1.807, 2.05) is 0 Å². The molecule has 0 bridgehead atoms. The summed E-state index contributed by atoms with van der Waals surface area (Å²) in [4.78, 5) is -0.0614. The number of hydrogen-bond donors (Lipinski definition) is 2. The molecule has 108 valence electrons. The lowest BCUT2D eigenvalue weighted by molar-refractivity contribution is -0.135. The Hall–Kier alpha value is -0.800. The molecular weight excluding hydrogens is 349 g/mol. The maximum atomic E-state index is 11.9. The number of hydrogen-bond acceptors (Lipinski definition) is 3. The summed E-state index contributed by atoms with van der Waals surface area (Å²) in [5, 5.41) is 0. The first kappa shape index (κ1) is 16.3. The Labute approximate surface area is 117 Å². The van der Waals surface area contributed by atoms with Crippen molar-refractivity contribution in [3.8, 4) is 0 Å². The SMILES string of the molecule is Nc1ccc(S(=O)(=O)NCCCC(F)(F)F)c(Br)c1. The Morgan fingerprint density at radius 3 is 2.47 bits per heavy atom. The van der Waals surface area contributed by atoms with Crippen LogP contribution in [-0.2, 0) is 10.0 Å². The lowest BCUT2D eigenvalue weighted by atomic mass is 10.3. The van der Waals surface area contributed by atoms with Gasteiger partial charge in [-0.05, 0) is 40.5 Å². The third-order valence-corrected chi connectivity index (χ3v) is 4.61. The van der Waals surface area contributed by atoms with Crippen molar-refractivity contribution >= 4 is 31.6 Å². The first-order valence-electron chi connectivity index (χ1n) is 5.23. The molecule has 0 amide bonds. The van der Waals surface area contributed by atoms with Crippen molar-refractivity contribution in [3.63, 3.8) is 0 Å². The molecule has 1 aromatic carbocycles. The molecule has 0 atom stereocenters. The molecule has 19 heavy (non-hydrogen) atoms. The summed E-state index contributed by atoms with van der Waals surface area (Å²) in [5.74, 6) is 0. The molecule has 0 aliphatic carbocycles. The maximum absolute atomic E-state index is 11.9. The Morgan fingerprint density at radius 2 is 1.95 bits per heavy atom. The summed E-state index contributed by atoms with van der Waals surface area (Å²) in [6, 6.07) is 4.09. The van der Waals surface area contributed by atoms with Crippen molar-refractivity contribution in [2.45, 2.75) is 23.9 Å². The lowest BCUT2D eigenvalue weighted by Crippen LogP contribution is -2.26. The summed E-state index contributed by atoms with van der Waals surface area (Å²) < 4.78 is 61.7. The fraction of sp³-hybridized carbons (Fsp3) is 0.400. The smallest absolute Gasteiger partial charge is 0.389 e. The van der Waals surface area contributed by atoms with E-state index >= 15 is 0 Å². The van der Waals surface area contributed by atoms with Crippen LogP contribution in [0, 0.1) is 0 Å². The van der Waals surface area contributed by atoms with Gasteiger partial charge in [0.2, 0.25) is 10.0 Å². The first-order chi connectivity index (χ1) is 8.62. The fourth-order valence-electron chi connectivity index (χ4n) is 1.31. The monoisotopic (exact) mass is 360 g/mol. The Morgan fingerprint density at radius 1 is 1.32 bits per heavy atom. The van der Waals surface area contributed by atoms with Gasteiger partial charge in [0.1, 0.15) is 0 Å². The Bertz CT molecular complexity index is 546. The van der Waals surface area contributed by atoms with Crippen molar-refractivity contribution in [2.24, 2.45) is 0 Å². The third-order valence-electron chi connectivity index (χ3n) is 2.17. The second-order valence-electron chi connectivity index (χ2n) is 3.81. The predicted octanol–water partition coefficient (Wildman–Crippen LogP) is 2.65. The van der Waals surface area contributed by atoms with E-state index in [-0.39, 0.29) is 22.3 Å². The lowest BCUT2D eigenvalue weighted by Gasteiger charge is -2.10. The molecule has 1 rings (SSSR count). The highest BCUT2D eigenvalue weighted by Crippen LogP contribution is 2.24. The van der Waals surface area contributed by atoms with Gasteiger partial charge < -0.3 is 5.73 Å². The minimum Gasteiger partial charge on any atom is -0.399 e. The highest BCUT2D eigenvalue weighted by atomic mass is 79.9. The van der Waals surface area contributed by atoms with E-state index in [9.17, 15) is 21.6 Å². The molecule has 9 heteroatoms. The zero-order chi connectivity index (χ0) is 14.7. The summed E-state index contributed by atoms with van der Waals surface area (Å²) in [5.41, 5.74) is 5.85. The van der Waals surface area contributed by atoms with Gasteiger partial charge in [0.05, 0.1) is 4.90 Å². The largest absolute Gasteiger partial charge is 0.399 e. The number of nitrogens with one attached hydrogen (secondary N) is 1. The number of sulfonamides is 1. The number of nitrogens with two attached hydrogens (primary N) is 1. The van der Waals surface area contributed by atoms with Gasteiger partial charge >= 0.3 is 6.18 Å². The highest BCUT2D eigenvalue weighted by molar-refractivity contribution is 9.10. The van der Waals surface area contributed by atoms with Crippen LogP contribution in [0.25, 0.3) is 0 Å². The maximum Gasteiger partial charge on any atom is 0.389 e. The van der Waals surface area contributed by atoms with Crippen LogP contribution < -0.4 is 10.5 Å². The van der Waals surface area contributed by atoms with Gasteiger partial charge in [0.15, 0.2) is 0 Å². The van der Waals surface area contributed by atoms with E-state index in [1.165, 1.54) is 18.2 Å². The van der Waals surface area contributed by atoms with Crippen LogP contribution in [0.4, 0.5) is 18.9 Å². The highest BCUT2D eigenvalue weighted by Gasteiger charge is 2.26. The third kappa shape index (κ3) is 5.37. The molecule has 1 aromatic rings. The molecular formula is C10H12BrF3N2O2S. The van der Waals surface area contributed by atoms with Crippen molar-refractivity contribution < 1.29 is 21.6 Å². The molecule has 0 unspecified atom stereocenters. The fourth-order valence-corrected chi connectivity index (χ4v) is 3.48. The molecule has 0 aliphatic heterocycles. The predicted molar refractivity (Wildman–Crippen MR) is 69.0 cm³/mol. The van der Waals surface area contributed by atoms with Gasteiger partial charge in [0.25, 0.3) is 0 Å². The van der Waals surface area contributed by atoms with Gasteiger partial charge in [-0.1, -0.05) is 0 Å². The zero-order valence-corrected chi connectivity index (χ0v) is 12.1. The Kier molecular flexibility index (Phi) is 5.22. The van der Waals surface area contributed by atoms with Crippen molar-refractivity contribution in [1.29, 1.82) is 0 Å². The summed E-state index contributed by atoms with van der Waals surface area (Å²) >= 11 is 3.04. The van der Waals surface area contributed by atoms with Crippen LogP contribution in [0.3, 0.4) is 0 Å². The van der Waals surface area contributed by atoms with Crippen LogP contribution in [0.5, 0.6) is 0 Å². The normalized spacial score (nSPS) is 12.6. The van der Waals surface area contributed by atoms with Crippen LogP contribution in [-0.4, -0.2) is 21.1 Å². The minimum atomic E-state index is -4.28. The second kappa shape index (κ2) is 6.10. The van der Waals surface area contributed by atoms with Crippen LogP contribution >= 0.6 is 15.9 Å². The Balaban J connectivity index is 2.66. The number of halogens is 4. The van der Waals surface area contributed by atoms with Crippen molar-refractivity contribution in [1.82, 2.24) is 4.72 Å². The molecule has 0 heterocycles. The zero-order valence-electron chi connectivity index (χ0n) is 9.67. The van der Waals surface area contributed by atoms with Crippen LogP contribution in [0.2, 0.25) is 0 Å². The molecule has 0 aromatic heterocycles. The number of rotatable bonds is 5. The number of alkyl halides is 3. The molecule has 0 spiro atoms. The number of benzene rings is 1. The topological polar surface area (TPSA) is 72.2 Å². The molecule has 0 saturated heterocycles. The average molecular weight is 361 g/mol. The van der Waals surface area contributed by atoms with E-state index in [0.29, 0.717) is 5.69 Å². The quantitative estimate of drug-likeness (QED) is 0.626. The van der Waals surface area contributed by atoms with Crippen LogP contribution in [0.1, 0.15) is 12.8 Å². The number of nitrogen functional groups attached to an aromatic ring is 1. The summed E-state index contributed by atoms with van der Waals surface area (Å²) in [7, 11) is -3.85. The molecule has 0 saturated carbocycles. The molecule has 0 radical (unpaired) electrons. The van der Waals surface area contributed by atoms with E-state index < -0.39 is 22.6 Å². The van der Waals surface area contributed by atoms with Crippen molar-refractivity contribution in [2.75, 3.05) is 12.3 Å². The molecule has 4 nitrogen and oxygen atoms in total. The van der Waals surface area contributed by atoms with E-state index in [0.717, 1.165) is 0 Å². The van der Waals surface area contributed by atoms with E-state index in [2.05, 4.69) is 20.7 Å². The van der Waals surface area contributed by atoms with Gasteiger partial charge in [-0.2, -0.15) is 13.2 Å². The first-order valence-corrected chi connectivity index (χ1v) is 7.51. The van der Waals surface area contributed by atoms with Crippen LogP contribution in [0.15, 0.2) is 27.6 Å². The van der Waals surface area contributed by atoms with Gasteiger partial charge in [-0.3, -0.25) is 0 Å². The minimum absolute atomic E-state index is 0.0614. The van der Waals surface area contributed by atoms with E-state index in [4.69, 9.17) is 5.73 Å². The van der Waals surface area contributed by atoms with E-state index in [1.54, 1.807) is 0 Å². The summed E-state index contributed by atoms with van der Waals surface area (Å²) in [6.45, 7) is -0.279. The average Bonchev–Trinajstić information content (AvgIpc) is 2.22. The van der Waals surface area contributed by atoms with Crippen molar-refractivity contribution in [3.05, 3.63) is 22.7 Å². The van der Waals surface area contributed by atoms with Gasteiger partial charge in [-0.15, -0.1) is 0 Å². The van der Waals surface area contributed by atoms with Gasteiger partial charge in [-0.25, -0.2) is 13.1 Å². The molecule has 3 N–H and O–H groups in total. The van der Waals surface area contributed by atoms with Gasteiger partial charge in [0, 0.05) is 23.1 Å². The molecule has 0 fully saturated rings. The summed E-state index contributed by atoms with van der Waals surface area (Å²) in [6.07, 6.45) is -5.62.